The molecule has 1 aromatic rings. The molecule has 0 amide bonds. The summed E-state index contributed by atoms with van der Waals surface area (Å²) in [6.45, 7) is 3.67. The van der Waals surface area contributed by atoms with E-state index in [0.29, 0.717) is 5.02 Å². The molecule has 0 radical (unpaired) electrons. The van der Waals surface area contributed by atoms with Crippen molar-refractivity contribution in [3.8, 4) is 0 Å². The van der Waals surface area contributed by atoms with Crippen molar-refractivity contribution in [2.24, 2.45) is 0 Å². The lowest BCUT2D eigenvalue weighted by Crippen LogP contribution is -1.73. The van der Waals surface area contributed by atoms with Crippen LogP contribution >= 0.6 is 24.2 Å². The summed E-state index contributed by atoms with van der Waals surface area (Å²) in [5.74, 6) is 0. The molecule has 0 aromatic heterocycles. The van der Waals surface area contributed by atoms with Crippen molar-refractivity contribution in [3.05, 3.63) is 41.4 Å². The van der Waals surface area contributed by atoms with E-state index in [1.807, 2.05) is 24.3 Å². The number of rotatable bonds is 1. The SMILES string of the molecule is C=C(S)c1cccc(Cl)c1. The summed E-state index contributed by atoms with van der Waals surface area (Å²) in [5.41, 5.74) is 0.968. The summed E-state index contributed by atoms with van der Waals surface area (Å²) >= 11 is 9.80. The Kier molecular flexibility index (Phi) is 2.41. The van der Waals surface area contributed by atoms with Crippen molar-refractivity contribution in [1.82, 2.24) is 0 Å². The van der Waals surface area contributed by atoms with Crippen molar-refractivity contribution in [2.75, 3.05) is 0 Å². The fraction of sp³-hybridized carbons (Fsp3) is 0. The standard InChI is InChI=1S/C8H7ClS/c1-6(10)7-3-2-4-8(9)5-7/h2-5,10H,1H2. The lowest BCUT2D eigenvalue weighted by atomic mass is 10.2. The van der Waals surface area contributed by atoms with Crippen LogP contribution in [0.25, 0.3) is 4.91 Å². The Labute approximate surface area is 70.9 Å². The predicted octanol–water partition coefficient (Wildman–Crippen LogP) is 3.24. The highest BCUT2D eigenvalue weighted by Crippen LogP contribution is 2.19. The van der Waals surface area contributed by atoms with Gasteiger partial charge in [-0.2, -0.15) is 0 Å². The van der Waals surface area contributed by atoms with Gasteiger partial charge in [-0.3, -0.25) is 0 Å². The van der Waals surface area contributed by atoms with E-state index in [2.05, 4.69) is 19.2 Å². The maximum atomic E-state index is 5.71. The molecule has 0 unspecified atom stereocenters. The van der Waals surface area contributed by atoms with Crippen molar-refractivity contribution in [3.63, 3.8) is 0 Å². The van der Waals surface area contributed by atoms with Gasteiger partial charge in [-0.25, -0.2) is 0 Å². The largest absolute Gasteiger partial charge is 0.143 e. The van der Waals surface area contributed by atoms with Crippen LogP contribution in [0.15, 0.2) is 30.8 Å². The Morgan fingerprint density at radius 3 is 2.60 bits per heavy atom. The second-order valence-corrected chi connectivity index (χ2v) is 2.93. The lowest BCUT2D eigenvalue weighted by Gasteiger charge is -1.96. The van der Waals surface area contributed by atoms with Crippen LogP contribution in [0.4, 0.5) is 0 Å². The molecule has 0 bridgehead atoms. The Hall–Kier alpha value is -0.400. The van der Waals surface area contributed by atoms with Gasteiger partial charge in [0, 0.05) is 9.93 Å². The summed E-state index contributed by atoms with van der Waals surface area (Å²) in [7, 11) is 0. The Morgan fingerprint density at radius 1 is 1.50 bits per heavy atom. The minimum atomic E-state index is 0.715. The first-order chi connectivity index (χ1) is 4.70. The maximum Gasteiger partial charge on any atom is 0.0412 e. The van der Waals surface area contributed by atoms with Crippen LogP contribution in [0.2, 0.25) is 5.02 Å². The summed E-state index contributed by atoms with van der Waals surface area (Å²) < 4.78 is 0. The first kappa shape index (κ1) is 7.70. The van der Waals surface area contributed by atoms with Crippen molar-refractivity contribution in [2.45, 2.75) is 0 Å². The third-order valence-electron chi connectivity index (χ3n) is 1.16. The molecule has 1 aromatic carbocycles. The molecule has 0 saturated carbocycles. The summed E-state index contributed by atoms with van der Waals surface area (Å²) in [6, 6.07) is 7.44. The maximum absolute atomic E-state index is 5.71. The molecule has 10 heavy (non-hydrogen) atoms. The Bertz CT molecular complexity index is 255. The summed E-state index contributed by atoms with van der Waals surface area (Å²) in [4.78, 5) is 0.738. The van der Waals surface area contributed by atoms with Gasteiger partial charge in [0.15, 0.2) is 0 Å². The molecule has 0 aliphatic rings. The minimum Gasteiger partial charge on any atom is -0.143 e. The molecule has 2 heteroatoms. The quantitative estimate of drug-likeness (QED) is 0.615. The van der Waals surface area contributed by atoms with Gasteiger partial charge in [0.25, 0.3) is 0 Å². The van der Waals surface area contributed by atoms with E-state index in [1.165, 1.54) is 0 Å². The fourth-order valence-electron chi connectivity index (χ4n) is 0.668. The smallest absolute Gasteiger partial charge is 0.0412 e. The van der Waals surface area contributed by atoms with Gasteiger partial charge in [0.05, 0.1) is 0 Å². The van der Waals surface area contributed by atoms with E-state index in [9.17, 15) is 0 Å². The van der Waals surface area contributed by atoms with Gasteiger partial charge in [-0.1, -0.05) is 30.3 Å². The highest BCUT2D eigenvalue weighted by molar-refractivity contribution is 7.90. The number of hydrogen-bond donors (Lipinski definition) is 1. The molecule has 52 valence electrons. The zero-order valence-corrected chi connectivity index (χ0v) is 6.99. The van der Waals surface area contributed by atoms with Gasteiger partial charge in [0.1, 0.15) is 0 Å². The predicted molar refractivity (Wildman–Crippen MR) is 49.5 cm³/mol. The van der Waals surface area contributed by atoms with Crippen molar-refractivity contribution >= 4 is 29.1 Å². The summed E-state index contributed by atoms with van der Waals surface area (Å²) in [6.07, 6.45) is 0. The van der Waals surface area contributed by atoms with E-state index >= 15 is 0 Å². The third kappa shape index (κ3) is 1.79. The molecule has 0 saturated heterocycles. The Morgan fingerprint density at radius 2 is 2.20 bits per heavy atom. The zero-order valence-electron chi connectivity index (χ0n) is 5.34. The molecule has 0 atom stereocenters. The normalized spacial score (nSPS) is 9.40. The third-order valence-corrected chi connectivity index (χ3v) is 1.65. The molecule has 0 aliphatic heterocycles. The van der Waals surface area contributed by atoms with Crippen LogP contribution in [0.5, 0.6) is 0 Å². The molecule has 0 nitrogen and oxygen atoms in total. The van der Waals surface area contributed by atoms with Crippen LogP contribution < -0.4 is 0 Å². The fourth-order valence-corrected chi connectivity index (χ4v) is 0.997. The number of hydrogen-bond acceptors (Lipinski definition) is 1. The average Bonchev–Trinajstić information content (AvgIpc) is 1.88. The molecular formula is C8H7ClS. The van der Waals surface area contributed by atoms with Crippen molar-refractivity contribution < 1.29 is 0 Å². The molecule has 0 aliphatic carbocycles. The van der Waals surface area contributed by atoms with E-state index in [4.69, 9.17) is 11.6 Å². The molecule has 1 rings (SSSR count). The minimum absolute atomic E-state index is 0.715. The van der Waals surface area contributed by atoms with Crippen LogP contribution in [-0.4, -0.2) is 0 Å². The lowest BCUT2D eigenvalue weighted by molar-refractivity contribution is 1.66. The van der Waals surface area contributed by atoms with E-state index in [1.54, 1.807) is 0 Å². The first-order valence-electron chi connectivity index (χ1n) is 2.84. The number of halogens is 1. The Balaban J connectivity index is 3.07. The van der Waals surface area contributed by atoms with Crippen LogP contribution in [0.1, 0.15) is 5.56 Å². The second kappa shape index (κ2) is 3.13. The van der Waals surface area contributed by atoms with Gasteiger partial charge < -0.3 is 0 Å². The molecular weight excluding hydrogens is 164 g/mol. The van der Waals surface area contributed by atoms with Crippen LogP contribution in [0.3, 0.4) is 0 Å². The monoisotopic (exact) mass is 170 g/mol. The molecule has 0 heterocycles. The van der Waals surface area contributed by atoms with Crippen LogP contribution in [-0.2, 0) is 0 Å². The number of thiol groups is 1. The van der Waals surface area contributed by atoms with Crippen molar-refractivity contribution in [1.29, 1.82) is 0 Å². The van der Waals surface area contributed by atoms with E-state index in [-0.39, 0.29) is 0 Å². The molecule has 0 spiro atoms. The van der Waals surface area contributed by atoms with E-state index < -0.39 is 0 Å². The van der Waals surface area contributed by atoms with Gasteiger partial charge in [-0.05, 0) is 17.7 Å². The van der Waals surface area contributed by atoms with Gasteiger partial charge >= 0.3 is 0 Å². The number of benzene rings is 1. The summed E-state index contributed by atoms with van der Waals surface area (Å²) in [5, 5.41) is 0.715. The van der Waals surface area contributed by atoms with Crippen LogP contribution in [0, 0.1) is 0 Å². The molecule has 0 N–H and O–H groups in total. The van der Waals surface area contributed by atoms with Gasteiger partial charge in [-0.15, -0.1) is 12.6 Å². The highest BCUT2D eigenvalue weighted by atomic mass is 35.5. The highest BCUT2D eigenvalue weighted by Gasteiger charge is 1.92. The second-order valence-electron chi connectivity index (χ2n) is 1.96. The average molecular weight is 171 g/mol. The topological polar surface area (TPSA) is 0 Å². The zero-order chi connectivity index (χ0) is 7.56. The first-order valence-corrected chi connectivity index (χ1v) is 3.66. The van der Waals surface area contributed by atoms with E-state index in [0.717, 1.165) is 10.5 Å². The van der Waals surface area contributed by atoms with Gasteiger partial charge in [0.2, 0.25) is 0 Å². The molecule has 0 fully saturated rings.